The number of aromatic nitrogens is 12. The minimum atomic E-state index is -0.184. The predicted octanol–water partition coefficient (Wildman–Crippen LogP) is 9.13. The smallest absolute Gasteiger partial charge is 0.279 e. The molecule has 0 aliphatic carbocycles. The van der Waals surface area contributed by atoms with E-state index in [1.165, 1.54) is 11.1 Å². The van der Waals surface area contributed by atoms with Gasteiger partial charge in [0.1, 0.15) is 29.2 Å². The van der Waals surface area contributed by atoms with Gasteiger partial charge >= 0.3 is 0 Å². The fraction of sp³-hybridized carbons (Fsp3) is 0.107. The summed E-state index contributed by atoms with van der Waals surface area (Å²) in [5.74, 6) is 1.08. The summed E-state index contributed by atoms with van der Waals surface area (Å²) >= 11 is 0. The lowest BCUT2D eigenvalue weighted by Gasteiger charge is -2.22. The lowest BCUT2D eigenvalue weighted by Crippen LogP contribution is -2.26. The normalized spacial score (nSPS) is 13.1. The summed E-state index contributed by atoms with van der Waals surface area (Å²) in [4.78, 5) is 29.7. The van der Waals surface area contributed by atoms with Crippen LogP contribution < -0.4 is 9.47 Å². The first-order chi connectivity index (χ1) is 35.4. The third-order valence-electron chi connectivity index (χ3n) is 12.7. The Kier molecular flexibility index (Phi) is 12.3. The van der Waals surface area contributed by atoms with E-state index < -0.39 is 0 Å². The molecule has 16 nitrogen and oxygen atoms in total. The predicted molar refractivity (Wildman–Crippen MR) is 270 cm³/mol. The molecule has 6 heterocycles. The van der Waals surface area contributed by atoms with Crippen molar-refractivity contribution in [2.24, 2.45) is 0 Å². The van der Waals surface area contributed by atoms with Gasteiger partial charge in [-0.15, -0.1) is 15.3 Å². The van der Waals surface area contributed by atoms with Crippen molar-refractivity contribution in [3.63, 3.8) is 0 Å². The highest BCUT2D eigenvalue weighted by Gasteiger charge is 2.35. The number of allylic oxidation sites excluding steroid dienone is 4. The van der Waals surface area contributed by atoms with E-state index in [0.29, 0.717) is 37.1 Å². The highest BCUT2D eigenvalue weighted by molar-refractivity contribution is 6.23. The van der Waals surface area contributed by atoms with Crippen molar-refractivity contribution >= 4 is 23.0 Å². The summed E-state index contributed by atoms with van der Waals surface area (Å²) in [5.41, 5.74) is 13.7. The third-order valence-corrected chi connectivity index (χ3v) is 12.7. The molecule has 0 saturated carbocycles. The molecule has 72 heavy (non-hydrogen) atoms. The Bertz CT molecular complexity index is 3350. The zero-order valence-electron chi connectivity index (χ0n) is 39.1. The van der Waals surface area contributed by atoms with Gasteiger partial charge in [-0.1, -0.05) is 146 Å². The van der Waals surface area contributed by atoms with Crippen molar-refractivity contribution < 1.29 is 19.1 Å². The summed E-state index contributed by atoms with van der Waals surface area (Å²) in [7, 11) is 3.24. The number of fused-ring (bicyclic) bond motifs is 2. The van der Waals surface area contributed by atoms with Gasteiger partial charge in [-0.05, 0) is 73.3 Å². The Labute approximate surface area is 413 Å². The van der Waals surface area contributed by atoms with Crippen molar-refractivity contribution in [3.05, 3.63) is 216 Å². The van der Waals surface area contributed by atoms with E-state index in [9.17, 15) is 9.59 Å². The average Bonchev–Trinajstić information content (AvgIpc) is 4.29. The van der Waals surface area contributed by atoms with Crippen molar-refractivity contribution in [2.45, 2.75) is 25.9 Å². The molecule has 0 bridgehead atoms. The van der Waals surface area contributed by atoms with Crippen LogP contribution in [0, 0.1) is 0 Å². The Balaban J connectivity index is 0.000000156. The highest BCUT2D eigenvalue weighted by Crippen LogP contribution is 2.42. The maximum atomic E-state index is 14.1. The van der Waals surface area contributed by atoms with E-state index in [0.717, 1.165) is 89.9 Å². The lowest BCUT2D eigenvalue weighted by atomic mass is 9.89. The molecule has 0 saturated heterocycles. The van der Waals surface area contributed by atoms with Crippen LogP contribution in [0.4, 0.5) is 0 Å². The third kappa shape index (κ3) is 8.68. The summed E-state index contributed by atoms with van der Waals surface area (Å²) in [6.45, 7) is 0.730. The molecule has 0 radical (unpaired) electrons. The Hall–Kier alpha value is -9.70. The fourth-order valence-corrected chi connectivity index (χ4v) is 9.40. The molecule has 352 valence electrons. The summed E-state index contributed by atoms with van der Waals surface area (Å²) < 4.78 is 15.4. The SMILES string of the molecule is COc1ccc(C2=C(Cn3cnnn3)Cc3c(-c4ccccc4)c(-c4ccccc4)nn3C2=O)cc1.COc1ccc(C2=C(Cn3ncnn3)Cc3c(-c4ccccc4)c(-c4ccccc4)nn3C2=O)cc1. The first-order valence-electron chi connectivity index (χ1n) is 23.1. The maximum absolute atomic E-state index is 14.1. The number of ether oxygens (including phenoxy) is 2. The van der Waals surface area contributed by atoms with Crippen LogP contribution in [0.25, 0.3) is 55.9 Å². The van der Waals surface area contributed by atoms with Crippen molar-refractivity contribution in [1.82, 2.24) is 60.0 Å². The van der Waals surface area contributed by atoms with Gasteiger partial charge in [0.2, 0.25) is 0 Å². The molecule has 2 aliphatic heterocycles. The number of carbonyl (C=O) groups is 2. The Morgan fingerprint density at radius 1 is 0.472 bits per heavy atom. The minimum Gasteiger partial charge on any atom is -0.497 e. The van der Waals surface area contributed by atoms with Crippen LogP contribution in [0.5, 0.6) is 11.5 Å². The van der Waals surface area contributed by atoms with Crippen LogP contribution >= 0.6 is 0 Å². The fourth-order valence-electron chi connectivity index (χ4n) is 9.40. The topological polar surface area (TPSA) is 175 Å². The number of methoxy groups -OCH3 is 2. The van der Waals surface area contributed by atoms with Crippen LogP contribution in [-0.4, -0.2) is 86.0 Å². The standard InChI is InChI=1S/2C28H22N6O2/c1-36-23-14-12-20(13-15-23)25-22(17-33-18-29-31-32-33)16-24-26(19-8-4-2-5-9-19)27(30-34(24)28(25)35)21-10-6-3-7-11-21;1-36-23-14-12-20(13-15-23)25-22(17-33-30-18-29-32-33)16-24-26(19-8-4-2-5-9-19)27(31-34(24)28(25)35)21-10-6-3-7-11-21/h2*2-15,18H,16-17H2,1H3. The molecule has 0 atom stereocenters. The highest BCUT2D eigenvalue weighted by atomic mass is 16.5. The molecule has 10 aromatic rings. The number of hydrogen-bond acceptors (Lipinski definition) is 12. The van der Waals surface area contributed by atoms with E-state index in [-0.39, 0.29) is 11.8 Å². The molecular weight excluding hydrogens is 905 g/mol. The Morgan fingerprint density at radius 3 is 1.29 bits per heavy atom. The van der Waals surface area contributed by atoms with Crippen molar-refractivity contribution in [2.75, 3.05) is 14.2 Å². The van der Waals surface area contributed by atoms with Gasteiger partial charge in [0.05, 0.1) is 49.8 Å². The zero-order valence-corrected chi connectivity index (χ0v) is 39.1. The second kappa shape index (κ2) is 19.7. The largest absolute Gasteiger partial charge is 0.497 e. The monoisotopic (exact) mass is 948 g/mol. The van der Waals surface area contributed by atoms with Gasteiger partial charge in [-0.2, -0.15) is 24.4 Å². The number of tetrazole rings is 2. The lowest BCUT2D eigenvalue weighted by molar-refractivity contribution is 0.0949. The molecule has 12 rings (SSSR count). The Morgan fingerprint density at radius 2 is 0.903 bits per heavy atom. The van der Waals surface area contributed by atoms with E-state index in [2.05, 4.69) is 55.2 Å². The first kappa shape index (κ1) is 44.8. The number of rotatable bonds is 12. The van der Waals surface area contributed by atoms with Gasteiger partial charge in [-0.25, -0.2) is 4.68 Å². The van der Waals surface area contributed by atoms with Crippen LogP contribution in [0.2, 0.25) is 0 Å². The number of hydrogen-bond donors (Lipinski definition) is 0. The second-order valence-corrected chi connectivity index (χ2v) is 17.0. The van der Waals surface area contributed by atoms with Gasteiger partial charge in [0, 0.05) is 35.1 Å². The molecule has 0 unspecified atom stereocenters. The zero-order chi connectivity index (χ0) is 49.0. The second-order valence-electron chi connectivity index (χ2n) is 17.0. The molecule has 6 aromatic carbocycles. The summed E-state index contributed by atoms with van der Waals surface area (Å²) in [6.07, 6.45) is 3.99. The van der Waals surface area contributed by atoms with Crippen LogP contribution in [0.1, 0.15) is 32.1 Å². The van der Waals surface area contributed by atoms with Crippen molar-refractivity contribution in [1.29, 1.82) is 0 Å². The van der Waals surface area contributed by atoms with Crippen LogP contribution in [0.15, 0.2) is 194 Å². The average molecular weight is 949 g/mol. The van der Waals surface area contributed by atoms with E-state index in [4.69, 9.17) is 19.7 Å². The van der Waals surface area contributed by atoms with Gasteiger partial charge < -0.3 is 9.47 Å². The quantitative estimate of drug-likeness (QED) is 0.114. The van der Waals surface area contributed by atoms with E-state index in [1.54, 1.807) is 34.6 Å². The van der Waals surface area contributed by atoms with Crippen LogP contribution in [-0.2, 0) is 25.9 Å². The van der Waals surface area contributed by atoms with Crippen molar-refractivity contribution in [3.8, 4) is 56.3 Å². The molecule has 0 fully saturated rings. The number of nitrogens with zero attached hydrogens (tertiary/aromatic N) is 12. The molecule has 2 aliphatic rings. The summed E-state index contributed by atoms with van der Waals surface area (Å²) in [6, 6.07) is 55.1. The number of carbonyl (C=O) groups excluding carboxylic acids is 2. The molecule has 0 N–H and O–H groups in total. The molecule has 4 aromatic heterocycles. The molecule has 0 spiro atoms. The molecular formula is C56H44N12O4. The maximum Gasteiger partial charge on any atom is 0.279 e. The first-order valence-corrected chi connectivity index (χ1v) is 23.1. The van der Waals surface area contributed by atoms with E-state index >= 15 is 0 Å². The van der Waals surface area contributed by atoms with Crippen LogP contribution in [0.3, 0.4) is 0 Å². The number of benzene rings is 6. The summed E-state index contributed by atoms with van der Waals surface area (Å²) in [5, 5.41) is 33.4. The van der Waals surface area contributed by atoms with Gasteiger partial charge in [-0.3, -0.25) is 9.59 Å². The van der Waals surface area contributed by atoms with Gasteiger partial charge in [0.15, 0.2) is 6.33 Å². The van der Waals surface area contributed by atoms with E-state index in [1.807, 2.05) is 146 Å². The molecule has 16 heteroatoms. The molecule has 0 amide bonds. The van der Waals surface area contributed by atoms with Gasteiger partial charge in [0.25, 0.3) is 11.8 Å². The minimum absolute atomic E-state index is 0.177.